The molecule has 7 nitrogen and oxygen atoms in total. The van der Waals surface area contributed by atoms with Crippen molar-refractivity contribution in [1.29, 1.82) is 0 Å². The van der Waals surface area contributed by atoms with Gasteiger partial charge in [-0.15, -0.1) is 0 Å². The van der Waals surface area contributed by atoms with E-state index in [-0.39, 0.29) is 36.6 Å². The minimum Gasteiger partial charge on any atom is -0.497 e. The Morgan fingerprint density at radius 3 is 1.54 bits per heavy atom. The number of hydrogen-bond acceptors (Lipinski definition) is 6. The summed E-state index contributed by atoms with van der Waals surface area (Å²) in [4.78, 5) is 5.06. The average molecular weight is 956 g/mol. The molecule has 2 aliphatic heterocycles. The fourth-order valence-corrected chi connectivity index (χ4v) is 8.25. The first kappa shape index (κ1) is 43.5. The van der Waals surface area contributed by atoms with E-state index in [1.165, 1.54) is 12.1 Å². The summed E-state index contributed by atoms with van der Waals surface area (Å²) in [5, 5.41) is 3.77. The molecule has 0 unspecified atom stereocenters. The standard InChI is InChI=1S/C29H17Br2F3N2O.C18H28B2O4/c1-37-21-9-5-16(6-10-21)28-35-26-24-14-18(30)7-11-22(24)23-12-8-19(31)15-25(23)27(26)36(28)20-4-2-3-17(13-20)29(32,33)34;1-15(2)16(3,4)22-19(21-15)13-9-11-14(12-10-13)20-23-17(5,6)18(7,8)24-20/h2-15H,1H3;9-12H,1-8H3. The second kappa shape index (κ2) is 15.6. The van der Waals surface area contributed by atoms with E-state index in [1.807, 2.05) is 89.5 Å². The largest absolute Gasteiger partial charge is 0.497 e. The Balaban J connectivity index is 0.000000185. The van der Waals surface area contributed by atoms with Gasteiger partial charge in [0.2, 0.25) is 0 Å². The molecular weight excluding hydrogens is 911 g/mol. The van der Waals surface area contributed by atoms with Gasteiger partial charge in [0.05, 0.1) is 46.1 Å². The van der Waals surface area contributed by atoms with Crippen LogP contribution in [0.2, 0.25) is 0 Å². The summed E-state index contributed by atoms with van der Waals surface area (Å²) in [6.07, 6.45) is -4.48. The maximum Gasteiger partial charge on any atom is 0.494 e. The number of alkyl halides is 3. The van der Waals surface area contributed by atoms with Gasteiger partial charge in [-0.3, -0.25) is 4.57 Å². The van der Waals surface area contributed by atoms with Crippen molar-refractivity contribution in [3.05, 3.63) is 124 Å². The lowest BCUT2D eigenvalue weighted by Crippen LogP contribution is -2.41. The lowest BCUT2D eigenvalue weighted by Gasteiger charge is -2.32. The molecule has 9 rings (SSSR count). The van der Waals surface area contributed by atoms with Crippen molar-refractivity contribution in [1.82, 2.24) is 9.55 Å². The Bertz CT molecular complexity index is 2700. The zero-order chi connectivity index (χ0) is 43.9. The van der Waals surface area contributed by atoms with Gasteiger partial charge in [0.1, 0.15) is 11.6 Å². The minimum absolute atomic E-state index is 0.331. The van der Waals surface area contributed by atoms with E-state index >= 15 is 0 Å². The fourth-order valence-electron chi connectivity index (χ4n) is 7.53. The van der Waals surface area contributed by atoms with Crippen LogP contribution in [0.5, 0.6) is 5.75 Å². The van der Waals surface area contributed by atoms with E-state index in [9.17, 15) is 13.2 Å². The summed E-state index contributed by atoms with van der Waals surface area (Å²) >= 11 is 7.16. The van der Waals surface area contributed by atoms with Gasteiger partial charge in [0.15, 0.2) is 0 Å². The Morgan fingerprint density at radius 2 is 1.07 bits per heavy atom. The van der Waals surface area contributed by atoms with Crippen LogP contribution in [0.4, 0.5) is 13.2 Å². The van der Waals surface area contributed by atoms with Crippen LogP contribution in [-0.2, 0) is 24.8 Å². The Morgan fingerprint density at radius 1 is 0.590 bits per heavy atom. The number of hydrogen-bond donors (Lipinski definition) is 0. The highest BCUT2D eigenvalue weighted by molar-refractivity contribution is 9.10. The van der Waals surface area contributed by atoms with Gasteiger partial charge in [0.25, 0.3) is 0 Å². The maximum absolute atomic E-state index is 13.7. The molecule has 0 amide bonds. The van der Waals surface area contributed by atoms with Crippen molar-refractivity contribution in [3.63, 3.8) is 0 Å². The molecule has 0 saturated carbocycles. The third kappa shape index (κ3) is 8.04. The van der Waals surface area contributed by atoms with Crippen molar-refractivity contribution >= 4 is 89.6 Å². The number of ether oxygens (including phenoxy) is 1. The molecule has 2 saturated heterocycles. The normalized spacial score (nSPS) is 17.9. The number of halogens is 5. The smallest absolute Gasteiger partial charge is 0.494 e. The highest BCUT2D eigenvalue weighted by Crippen LogP contribution is 2.42. The first-order valence-corrected chi connectivity index (χ1v) is 21.5. The molecule has 314 valence electrons. The molecule has 1 aromatic heterocycles. The van der Waals surface area contributed by atoms with E-state index in [0.29, 0.717) is 22.8 Å². The van der Waals surface area contributed by atoms with Crippen molar-refractivity contribution in [2.24, 2.45) is 0 Å². The predicted molar refractivity (Wildman–Crippen MR) is 246 cm³/mol. The predicted octanol–water partition coefficient (Wildman–Crippen LogP) is 11.8. The third-order valence-electron chi connectivity index (χ3n) is 12.4. The van der Waals surface area contributed by atoms with Crippen LogP contribution in [0, 0.1) is 0 Å². The van der Waals surface area contributed by atoms with Crippen LogP contribution in [0.3, 0.4) is 0 Å². The molecule has 2 aliphatic rings. The molecule has 0 atom stereocenters. The highest BCUT2D eigenvalue weighted by Gasteiger charge is 2.53. The number of nitrogens with zero attached hydrogens (tertiary/aromatic N) is 2. The van der Waals surface area contributed by atoms with Gasteiger partial charge in [-0.25, -0.2) is 4.98 Å². The summed E-state index contributed by atoms with van der Waals surface area (Å²) < 4.78 is 74.5. The molecular formula is C47H45B2Br2F3N2O5. The molecule has 0 bridgehead atoms. The zero-order valence-electron chi connectivity index (χ0n) is 35.4. The van der Waals surface area contributed by atoms with Crippen LogP contribution in [0.15, 0.2) is 118 Å². The highest BCUT2D eigenvalue weighted by atomic mass is 79.9. The summed E-state index contributed by atoms with van der Waals surface area (Å²) in [6.45, 7) is 16.5. The van der Waals surface area contributed by atoms with Gasteiger partial charge in [-0.2, -0.15) is 13.2 Å². The van der Waals surface area contributed by atoms with E-state index in [1.54, 1.807) is 13.2 Å². The first-order valence-electron chi connectivity index (χ1n) is 20.0. The summed E-state index contributed by atoms with van der Waals surface area (Å²) in [7, 11) is 0.894. The average Bonchev–Trinajstić information content (AvgIpc) is 3.79. The number of rotatable bonds is 5. The Labute approximate surface area is 371 Å². The molecule has 0 aliphatic carbocycles. The number of aromatic nitrogens is 2. The monoisotopic (exact) mass is 954 g/mol. The van der Waals surface area contributed by atoms with Crippen LogP contribution >= 0.6 is 31.9 Å². The van der Waals surface area contributed by atoms with E-state index in [2.05, 4.69) is 87.2 Å². The molecule has 0 spiro atoms. The van der Waals surface area contributed by atoms with Crippen LogP contribution < -0.4 is 15.7 Å². The van der Waals surface area contributed by atoms with Gasteiger partial charge in [0, 0.05) is 31.0 Å². The molecule has 0 N–H and O–H groups in total. The van der Waals surface area contributed by atoms with E-state index in [4.69, 9.17) is 28.3 Å². The fraction of sp³-hybridized carbons (Fsp3) is 0.298. The number of methoxy groups -OCH3 is 1. The van der Waals surface area contributed by atoms with Crippen LogP contribution in [0.1, 0.15) is 61.0 Å². The number of imidazole rings is 1. The van der Waals surface area contributed by atoms with Crippen molar-refractivity contribution in [2.45, 2.75) is 84.0 Å². The number of fused-ring (bicyclic) bond motifs is 6. The third-order valence-corrected chi connectivity index (χ3v) is 13.4. The van der Waals surface area contributed by atoms with Crippen molar-refractivity contribution < 1.29 is 36.5 Å². The quantitative estimate of drug-likeness (QED) is 0.127. The van der Waals surface area contributed by atoms with E-state index < -0.39 is 11.7 Å². The van der Waals surface area contributed by atoms with Crippen molar-refractivity contribution in [2.75, 3.05) is 7.11 Å². The van der Waals surface area contributed by atoms with Gasteiger partial charge in [-0.05, 0) is 144 Å². The van der Waals surface area contributed by atoms with Crippen LogP contribution in [-0.4, -0.2) is 53.3 Å². The Kier molecular flexibility index (Phi) is 11.1. The lowest BCUT2D eigenvalue weighted by molar-refractivity contribution is -0.137. The van der Waals surface area contributed by atoms with Gasteiger partial charge < -0.3 is 23.4 Å². The molecule has 2 fully saturated rings. The molecule has 3 heterocycles. The topological polar surface area (TPSA) is 64.0 Å². The number of benzene rings is 6. The SMILES string of the molecule is CC1(C)OB(c2ccc(B3OC(C)(C)C(C)(C)O3)cc2)OC1(C)C.COc1ccc(-c2nc3c4cc(Br)ccc4c4ccc(Br)cc4c3n2-c2cccc(C(F)(F)F)c2)cc1. The summed E-state index contributed by atoms with van der Waals surface area (Å²) in [5.74, 6) is 1.21. The van der Waals surface area contributed by atoms with E-state index in [0.717, 1.165) is 58.6 Å². The van der Waals surface area contributed by atoms with Gasteiger partial charge in [-0.1, -0.05) is 74.3 Å². The van der Waals surface area contributed by atoms with Crippen LogP contribution in [0.25, 0.3) is 49.7 Å². The second-order valence-electron chi connectivity index (χ2n) is 17.5. The summed E-state index contributed by atoms with van der Waals surface area (Å²) in [5.41, 5.74) is 2.52. The molecule has 0 radical (unpaired) electrons. The molecule has 14 heteroatoms. The Hall–Kier alpha value is -4.17. The summed E-state index contributed by atoms with van der Waals surface area (Å²) in [6, 6.07) is 32.8. The molecule has 6 aromatic carbocycles. The molecule has 61 heavy (non-hydrogen) atoms. The van der Waals surface area contributed by atoms with Crippen molar-refractivity contribution in [3.8, 4) is 22.8 Å². The van der Waals surface area contributed by atoms with Gasteiger partial charge >= 0.3 is 20.4 Å². The zero-order valence-corrected chi connectivity index (χ0v) is 38.5. The maximum atomic E-state index is 13.7. The second-order valence-corrected chi connectivity index (χ2v) is 19.3. The molecule has 7 aromatic rings. The minimum atomic E-state index is -4.48. The lowest BCUT2D eigenvalue weighted by atomic mass is 9.74. The first-order chi connectivity index (χ1) is 28.6.